The van der Waals surface area contributed by atoms with Gasteiger partial charge in [0.2, 0.25) is 0 Å². The molecule has 1 aliphatic carbocycles. The van der Waals surface area contributed by atoms with Gasteiger partial charge in [-0.2, -0.15) is 0 Å². The van der Waals surface area contributed by atoms with Crippen molar-refractivity contribution in [3.8, 4) is 5.75 Å². The largest absolute Gasteiger partial charge is 0.493 e. The van der Waals surface area contributed by atoms with Crippen LogP contribution in [0.25, 0.3) is 0 Å². The first kappa shape index (κ1) is 19.0. The summed E-state index contributed by atoms with van der Waals surface area (Å²) >= 11 is 0. The van der Waals surface area contributed by atoms with Gasteiger partial charge in [0.05, 0.1) is 12.2 Å². The van der Waals surface area contributed by atoms with Gasteiger partial charge in [0, 0.05) is 17.3 Å². The monoisotopic (exact) mass is 366 g/mol. The van der Waals surface area contributed by atoms with E-state index in [1.807, 2.05) is 13.0 Å². The minimum atomic E-state index is -0.260. The molecule has 0 aromatic heterocycles. The number of para-hydroxylation sites is 1. The average molecular weight is 366 g/mol. The number of nitrogens with one attached hydrogen (secondary N) is 2. The molecule has 2 aromatic rings. The number of anilines is 1. The van der Waals surface area contributed by atoms with Crippen molar-refractivity contribution >= 4 is 17.5 Å². The molecule has 2 N–H and O–H groups in total. The molecule has 2 aromatic carbocycles. The Morgan fingerprint density at radius 1 is 1.00 bits per heavy atom. The highest BCUT2D eigenvalue weighted by Gasteiger charge is 2.17. The number of hydrogen-bond acceptors (Lipinski definition) is 3. The van der Waals surface area contributed by atoms with Crippen molar-refractivity contribution in [1.82, 2.24) is 5.32 Å². The number of amides is 2. The van der Waals surface area contributed by atoms with E-state index in [1.54, 1.807) is 42.5 Å². The summed E-state index contributed by atoms with van der Waals surface area (Å²) in [5.41, 5.74) is 1.61. The van der Waals surface area contributed by atoms with Crippen molar-refractivity contribution in [3.05, 3.63) is 59.7 Å². The zero-order valence-electron chi connectivity index (χ0n) is 15.7. The summed E-state index contributed by atoms with van der Waals surface area (Å²) in [6, 6.07) is 14.4. The molecule has 142 valence electrons. The molecule has 2 amide bonds. The van der Waals surface area contributed by atoms with E-state index in [9.17, 15) is 9.59 Å². The van der Waals surface area contributed by atoms with Crippen LogP contribution < -0.4 is 15.4 Å². The van der Waals surface area contributed by atoms with E-state index in [0.29, 0.717) is 29.2 Å². The quantitative estimate of drug-likeness (QED) is 0.796. The van der Waals surface area contributed by atoms with Crippen LogP contribution in [0.5, 0.6) is 5.75 Å². The van der Waals surface area contributed by atoms with E-state index in [4.69, 9.17) is 4.74 Å². The van der Waals surface area contributed by atoms with Crippen LogP contribution in [0.1, 0.15) is 59.7 Å². The Labute approximate surface area is 160 Å². The van der Waals surface area contributed by atoms with Gasteiger partial charge in [0.25, 0.3) is 11.8 Å². The molecule has 1 aliphatic rings. The first-order valence-corrected chi connectivity index (χ1v) is 9.61. The zero-order chi connectivity index (χ0) is 19.1. The molecule has 0 aliphatic heterocycles. The van der Waals surface area contributed by atoms with Crippen LogP contribution >= 0.6 is 0 Å². The highest BCUT2D eigenvalue weighted by atomic mass is 16.5. The minimum absolute atomic E-state index is 0.0901. The molecule has 1 fully saturated rings. The van der Waals surface area contributed by atoms with Gasteiger partial charge >= 0.3 is 0 Å². The van der Waals surface area contributed by atoms with Gasteiger partial charge < -0.3 is 15.4 Å². The lowest BCUT2D eigenvalue weighted by Gasteiger charge is -2.22. The van der Waals surface area contributed by atoms with Crippen LogP contribution in [-0.4, -0.2) is 24.5 Å². The summed E-state index contributed by atoms with van der Waals surface area (Å²) in [7, 11) is 0. The van der Waals surface area contributed by atoms with E-state index >= 15 is 0 Å². The van der Waals surface area contributed by atoms with Crippen molar-refractivity contribution < 1.29 is 14.3 Å². The third-order valence-corrected chi connectivity index (χ3v) is 4.75. The maximum atomic E-state index is 12.6. The molecule has 0 bridgehead atoms. The van der Waals surface area contributed by atoms with E-state index in [1.165, 1.54) is 19.3 Å². The molecule has 0 saturated heterocycles. The molecular weight excluding hydrogens is 340 g/mol. The molecule has 0 unspecified atom stereocenters. The second-order valence-electron chi connectivity index (χ2n) is 6.77. The van der Waals surface area contributed by atoms with Gasteiger partial charge in [-0.05, 0) is 50.1 Å². The predicted molar refractivity (Wildman–Crippen MR) is 106 cm³/mol. The Morgan fingerprint density at radius 2 is 1.78 bits per heavy atom. The summed E-state index contributed by atoms with van der Waals surface area (Å²) in [5, 5.41) is 5.96. The summed E-state index contributed by atoms with van der Waals surface area (Å²) in [5.74, 6) is 0.195. The maximum Gasteiger partial charge on any atom is 0.259 e. The third kappa shape index (κ3) is 5.09. The minimum Gasteiger partial charge on any atom is -0.493 e. The lowest BCUT2D eigenvalue weighted by atomic mass is 9.95. The standard InChI is InChI=1S/C22H26N2O3/c1-2-27-20-14-7-6-13-19(20)22(26)24-18-12-8-9-16(15-18)21(25)23-17-10-4-3-5-11-17/h6-9,12-15,17H,2-5,10-11H2,1H3,(H,23,25)(H,24,26). The molecule has 5 heteroatoms. The maximum absolute atomic E-state index is 12.6. The molecule has 0 spiro atoms. The number of hydrogen-bond donors (Lipinski definition) is 2. The van der Waals surface area contributed by atoms with Crippen LogP contribution in [0.15, 0.2) is 48.5 Å². The van der Waals surface area contributed by atoms with Crippen molar-refractivity contribution in [2.24, 2.45) is 0 Å². The van der Waals surface area contributed by atoms with Gasteiger partial charge in [-0.15, -0.1) is 0 Å². The topological polar surface area (TPSA) is 67.4 Å². The van der Waals surface area contributed by atoms with E-state index < -0.39 is 0 Å². The van der Waals surface area contributed by atoms with Crippen LogP contribution in [0, 0.1) is 0 Å². The fourth-order valence-corrected chi connectivity index (χ4v) is 3.39. The smallest absolute Gasteiger partial charge is 0.259 e. The molecule has 0 atom stereocenters. The van der Waals surface area contributed by atoms with Crippen LogP contribution in [0.2, 0.25) is 0 Å². The van der Waals surface area contributed by atoms with Gasteiger partial charge in [-0.3, -0.25) is 9.59 Å². The number of carbonyl (C=O) groups excluding carboxylic acids is 2. The van der Waals surface area contributed by atoms with E-state index in [0.717, 1.165) is 12.8 Å². The lowest BCUT2D eigenvalue weighted by Crippen LogP contribution is -2.36. The van der Waals surface area contributed by atoms with Crippen molar-refractivity contribution in [2.75, 3.05) is 11.9 Å². The van der Waals surface area contributed by atoms with E-state index in [-0.39, 0.29) is 17.9 Å². The lowest BCUT2D eigenvalue weighted by molar-refractivity contribution is 0.0926. The van der Waals surface area contributed by atoms with Gasteiger partial charge in [0.1, 0.15) is 5.75 Å². The number of ether oxygens (including phenoxy) is 1. The van der Waals surface area contributed by atoms with Crippen molar-refractivity contribution in [3.63, 3.8) is 0 Å². The normalized spacial score (nSPS) is 14.4. The number of rotatable bonds is 6. The molecule has 27 heavy (non-hydrogen) atoms. The fraction of sp³-hybridized carbons (Fsp3) is 0.364. The van der Waals surface area contributed by atoms with E-state index in [2.05, 4.69) is 10.6 Å². The summed E-state index contributed by atoms with van der Waals surface area (Å²) in [6.45, 7) is 2.37. The second kappa shape index (κ2) is 9.21. The zero-order valence-corrected chi connectivity index (χ0v) is 15.7. The van der Waals surface area contributed by atoms with Crippen molar-refractivity contribution in [1.29, 1.82) is 0 Å². The summed E-state index contributed by atoms with van der Waals surface area (Å²) in [4.78, 5) is 25.1. The molecule has 0 radical (unpaired) electrons. The fourth-order valence-electron chi connectivity index (χ4n) is 3.39. The van der Waals surface area contributed by atoms with Gasteiger partial charge in [0.15, 0.2) is 0 Å². The molecule has 0 heterocycles. The Bertz CT molecular complexity index is 798. The van der Waals surface area contributed by atoms with Gasteiger partial charge in [-0.25, -0.2) is 0 Å². The third-order valence-electron chi connectivity index (χ3n) is 4.75. The summed E-state index contributed by atoms with van der Waals surface area (Å²) in [6.07, 6.45) is 5.66. The Kier molecular flexibility index (Phi) is 6.47. The summed E-state index contributed by atoms with van der Waals surface area (Å²) < 4.78 is 5.52. The highest BCUT2D eigenvalue weighted by Crippen LogP contribution is 2.21. The molecule has 5 nitrogen and oxygen atoms in total. The number of benzene rings is 2. The Hall–Kier alpha value is -2.82. The molecular formula is C22H26N2O3. The van der Waals surface area contributed by atoms with Crippen LogP contribution in [-0.2, 0) is 0 Å². The second-order valence-corrected chi connectivity index (χ2v) is 6.77. The number of carbonyl (C=O) groups is 2. The van der Waals surface area contributed by atoms with Crippen LogP contribution in [0.3, 0.4) is 0 Å². The SMILES string of the molecule is CCOc1ccccc1C(=O)Nc1cccc(C(=O)NC2CCCCC2)c1. The highest BCUT2D eigenvalue weighted by molar-refractivity contribution is 6.06. The Balaban J connectivity index is 1.68. The van der Waals surface area contributed by atoms with Gasteiger partial charge in [-0.1, -0.05) is 37.5 Å². The average Bonchev–Trinajstić information content (AvgIpc) is 2.69. The first-order valence-electron chi connectivity index (χ1n) is 9.61. The predicted octanol–water partition coefficient (Wildman–Crippen LogP) is 4.40. The molecule has 3 rings (SSSR count). The van der Waals surface area contributed by atoms with Crippen molar-refractivity contribution in [2.45, 2.75) is 45.1 Å². The first-order chi connectivity index (χ1) is 13.2. The molecule has 1 saturated carbocycles. The van der Waals surface area contributed by atoms with Crippen LogP contribution in [0.4, 0.5) is 5.69 Å². The Morgan fingerprint density at radius 3 is 2.56 bits per heavy atom.